The molecule has 9 nitrogen and oxygen atoms in total. The van der Waals surface area contributed by atoms with Crippen molar-refractivity contribution < 1.29 is 24.6 Å². The molecule has 5 aliphatic carbocycles. The van der Waals surface area contributed by atoms with Crippen LogP contribution in [0.2, 0.25) is 0 Å². The van der Waals surface area contributed by atoms with Crippen LogP contribution in [-0.4, -0.2) is 94.2 Å². The van der Waals surface area contributed by atoms with Crippen LogP contribution < -0.4 is 10.6 Å². The number of amides is 3. The number of carbonyl (C=O) groups excluding carboxylic acids is 3. The largest absolute Gasteiger partial charge is 0.393 e. The van der Waals surface area contributed by atoms with Crippen molar-refractivity contribution in [1.29, 1.82) is 0 Å². The van der Waals surface area contributed by atoms with Gasteiger partial charge in [-0.2, -0.15) is 0 Å². The van der Waals surface area contributed by atoms with Crippen molar-refractivity contribution in [2.75, 3.05) is 26.2 Å². The lowest BCUT2D eigenvalue weighted by atomic mass is 9.44. The number of hydrogen-bond donors (Lipinski definition) is 4. The molecule has 1 aromatic rings. The molecular weight excluding hydrogens is 689 g/mol. The lowest BCUT2D eigenvalue weighted by molar-refractivity contribution is -0.157. The molecule has 6 fully saturated rings. The molecule has 1 saturated heterocycles. The summed E-state index contributed by atoms with van der Waals surface area (Å²) in [6.45, 7) is 11.6. The topological polar surface area (TPSA) is 122 Å². The average Bonchev–Trinajstić information content (AvgIpc) is 3.48. The second-order valence-corrected chi connectivity index (χ2v) is 19.9. The molecule has 1 aliphatic heterocycles. The summed E-state index contributed by atoms with van der Waals surface area (Å²) >= 11 is 0. The van der Waals surface area contributed by atoms with Gasteiger partial charge in [-0.15, -0.1) is 0 Å². The fraction of sp³-hybridized carbons (Fsp3) is 0.804. The Balaban J connectivity index is 0.982. The minimum Gasteiger partial charge on any atom is -0.393 e. The SMILES string of the molecule is CC(C)C[C@H](NC(=O)[C@H](Cc1ccccc1)NC(=O)CC1CCCCC1)C(=O)N1CCN([C@H]2C[C@@]3(C)[C@@H](CC[C@@H]4[C@@H]3CC[C@]3(C)[C@@H](O)CC[C@@H]43)C[C@@H]2O)CC1. The molecule has 0 unspecified atom stereocenters. The molecule has 0 spiro atoms. The molecule has 1 aromatic carbocycles. The van der Waals surface area contributed by atoms with Crippen LogP contribution in [0.15, 0.2) is 30.3 Å². The van der Waals surface area contributed by atoms with E-state index in [0.29, 0.717) is 75.0 Å². The number of nitrogens with one attached hydrogen (secondary N) is 2. The van der Waals surface area contributed by atoms with E-state index in [1.807, 2.05) is 35.2 Å². The standard InChI is InChI=1S/C46H72N4O5/c1-30(2)25-38(48-43(54)37(26-31-11-7-5-8-12-31)47-42(53)27-32-13-9-6-10-14-32)44(55)50-23-21-49(22-24-50)39-29-46(4)33(28-40(39)51)15-16-34-35-17-18-41(52)45(35,3)20-19-36(34)46/h5,7-8,11-12,30,32-41,51-52H,6,9-10,13-29H2,1-4H3,(H,47,53)(H,48,54)/t33-,34-,35-,36-,37-,38-,39-,40-,41-,45-,46-/m0/s1. The summed E-state index contributed by atoms with van der Waals surface area (Å²) in [4.78, 5) is 46.0. The minimum absolute atomic E-state index is 0.0518. The van der Waals surface area contributed by atoms with Gasteiger partial charge in [0.2, 0.25) is 17.7 Å². The summed E-state index contributed by atoms with van der Waals surface area (Å²) in [6.07, 6.45) is 15.2. The Morgan fingerprint density at radius 2 is 1.53 bits per heavy atom. The van der Waals surface area contributed by atoms with Gasteiger partial charge in [-0.1, -0.05) is 77.3 Å². The number of carbonyl (C=O) groups is 3. The maximum absolute atomic E-state index is 14.3. The van der Waals surface area contributed by atoms with E-state index in [1.165, 1.54) is 25.7 Å². The molecule has 0 radical (unpaired) electrons. The van der Waals surface area contributed by atoms with E-state index < -0.39 is 12.1 Å². The number of nitrogens with zero attached hydrogens (tertiary/aromatic N) is 2. The first-order chi connectivity index (χ1) is 26.4. The maximum atomic E-state index is 14.3. The molecule has 11 atom stereocenters. The number of aliphatic hydroxyl groups excluding tert-OH is 2. The molecular formula is C46H72N4O5. The molecule has 0 bridgehead atoms. The molecule has 55 heavy (non-hydrogen) atoms. The first kappa shape index (κ1) is 40.7. The van der Waals surface area contributed by atoms with Crippen molar-refractivity contribution in [2.24, 2.45) is 46.3 Å². The highest BCUT2D eigenvalue weighted by Crippen LogP contribution is 2.66. The number of aliphatic hydroxyl groups is 2. The Labute approximate surface area is 331 Å². The molecule has 1 heterocycles. The first-order valence-corrected chi connectivity index (χ1v) is 22.4. The Morgan fingerprint density at radius 1 is 0.818 bits per heavy atom. The van der Waals surface area contributed by atoms with Crippen molar-refractivity contribution in [2.45, 2.75) is 161 Å². The Bertz CT molecular complexity index is 1480. The third-order valence-electron chi connectivity index (χ3n) is 16.2. The van der Waals surface area contributed by atoms with E-state index in [1.54, 1.807) is 0 Å². The second kappa shape index (κ2) is 17.2. The summed E-state index contributed by atoms with van der Waals surface area (Å²) in [5.41, 5.74) is 1.22. The molecule has 4 N–H and O–H groups in total. The third-order valence-corrected chi connectivity index (χ3v) is 16.2. The fourth-order valence-corrected chi connectivity index (χ4v) is 13.0. The van der Waals surface area contributed by atoms with Crippen LogP contribution in [0.5, 0.6) is 0 Å². The second-order valence-electron chi connectivity index (χ2n) is 19.9. The Morgan fingerprint density at radius 3 is 2.24 bits per heavy atom. The minimum atomic E-state index is -0.758. The van der Waals surface area contributed by atoms with Gasteiger partial charge >= 0.3 is 0 Å². The number of rotatable bonds is 11. The van der Waals surface area contributed by atoms with E-state index in [4.69, 9.17) is 0 Å². The van der Waals surface area contributed by atoms with Crippen molar-refractivity contribution in [3.63, 3.8) is 0 Å². The summed E-state index contributed by atoms with van der Waals surface area (Å²) in [6, 6.07) is 8.45. The van der Waals surface area contributed by atoms with Crippen LogP contribution in [0.4, 0.5) is 0 Å². The molecule has 9 heteroatoms. The van der Waals surface area contributed by atoms with Crippen LogP contribution in [0.1, 0.15) is 130 Å². The van der Waals surface area contributed by atoms with E-state index in [2.05, 4.69) is 43.2 Å². The lowest BCUT2D eigenvalue weighted by Crippen LogP contribution is -2.63. The number of hydrogen-bond acceptors (Lipinski definition) is 6. The summed E-state index contributed by atoms with van der Waals surface area (Å²) in [5, 5.41) is 28.8. The zero-order valence-corrected chi connectivity index (χ0v) is 34.4. The van der Waals surface area contributed by atoms with Crippen molar-refractivity contribution in [3.05, 3.63) is 35.9 Å². The zero-order valence-electron chi connectivity index (χ0n) is 34.4. The number of benzene rings is 1. The zero-order chi connectivity index (χ0) is 38.9. The van der Waals surface area contributed by atoms with Crippen LogP contribution in [0, 0.1) is 46.3 Å². The highest BCUT2D eigenvalue weighted by molar-refractivity contribution is 5.92. The lowest BCUT2D eigenvalue weighted by Gasteiger charge is -2.62. The van der Waals surface area contributed by atoms with Crippen molar-refractivity contribution in [3.8, 4) is 0 Å². The predicted octanol–water partition coefficient (Wildman–Crippen LogP) is 6.10. The van der Waals surface area contributed by atoms with Gasteiger partial charge in [0, 0.05) is 45.1 Å². The highest BCUT2D eigenvalue weighted by atomic mass is 16.3. The summed E-state index contributed by atoms with van der Waals surface area (Å²) in [7, 11) is 0. The van der Waals surface area contributed by atoms with Crippen LogP contribution in [0.25, 0.3) is 0 Å². The smallest absolute Gasteiger partial charge is 0.245 e. The molecule has 6 aliphatic rings. The van der Waals surface area contributed by atoms with Gasteiger partial charge in [-0.05, 0) is 123 Å². The van der Waals surface area contributed by atoms with Crippen molar-refractivity contribution in [1.82, 2.24) is 20.4 Å². The van der Waals surface area contributed by atoms with E-state index >= 15 is 0 Å². The quantitative estimate of drug-likeness (QED) is 0.216. The molecule has 3 amide bonds. The Hall–Kier alpha value is -2.49. The molecule has 5 saturated carbocycles. The molecule has 0 aromatic heterocycles. The van der Waals surface area contributed by atoms with Gasteiger partial charge in [0.05, 0.1) is 12.2 Å². The number of piperazine rings is 1. The van der Waals surface area contributed by atoms with Gasteiger partial charge in [0.25, 0.3) is 0 Å². The van der Waals surface area contributed by atoms with Gasteiger partial charge < -0.3 is 25.7 Å². The third kappa shape index (κ3) is 8.69. The molecule has 7 rings (SSSR count). The fourth-order valence-electron chi connectivity index (χ4n) is 13.0. The van der Waals surface area contributed by atoms with E-state index in [9.17, 15) is 24.6 Å². The monoisotopic (exact) mass is 761 g/mol. The summed E-state index contributed by atoms with van der Waals surface area (Å²) in [5.74, 6) is 2.61. The highest BCUT2D eigenvalue weighted by Gasteiger charge is 2.61. The van der Waals surface area contributed by atoms with Gasteiger partial charge in [-0.25, -0.2) is 0 Å². The molecule has 306 valence electrons. The van der Waals surface area contributed by atoms with Crippen LogP contribution >= 0.6 is 0 Å². The Kier molecular flexibility index (Phi) is 12.7. The van der Waals surface area contributed by atoms with Crippen molar-refractivity contribution >= 4 is 17.7 Å². The van der Waals surface area contributed by atoms with Gasteiger partial charge in [-0.3, -0.25) is 19.3 Å². The van der Waals surface area contributed by atoms with Crippen LogP contribution in [-0.2, 0) is 20.8 Å². The average molecular weight is 761 g/mol. The van der Waals surface area contributed by atoms with Gasteiger partial charge in [0.15, 0.2) is 0 Å². The number of fused-ring (bicyclic) bond motifs is 5. The van der Waals surface area contributed by atoms with Gasteiger partial charge in [0.1, 0.15) is 12.1 Å². The van der Waals surface area contributed by atoms with E-state index in [0.717, 1.165) is 63.4 Å². The van der Waals surface area contributed by atoms with E-state index in [-0.39, 0.29) is 52.7 Å². The summed E-state index contributed by atoms with van der Waals surface area (Å²) < 4.78 is 0. The maximum Gasteiger partial charge on any atom is 0.245 e. The predicted molar refractivity (Wildman–Crippen MR) is 216 cm³/mol. The normalized spacial score (nSPS) is 36.6. The first-order valence-electron chi connectivity index (χ1n) is 22.4. The van der Waals surface area contributed by atoms with Crippen LogP contribution in [0.3, 0.4) is 0 Å².